The van der Waals surface area contributed by atoms with E-state index in [0.717, 1.165) is 21.7 Å². The molecule has 0 aliphatic carbocycles. The minimum atomic E-state index is -3.51. The Morgan fingerprint density at radius 3 is 2.29 bits per heavy atom. The van der Waals surface area contributed by atoms with Crippen molar-refractivity contribution in [3.05, 3.63) is 84.4 Å². The van der Waals surface area contributed by atoms with Gasteiger partial charge in [-0.3, -0.25) is 0 Å². The fourth-order valence-corrected chi connectivity index (χ4v) is 4.24. The average molecular weight is 333 g/mol. The van der Waals surface area contributed by atoms with Gasteiger partial charge in [0, 0.05) is 5.39 Å². The Labute approximate surface area is 140 Å². The first-order valence-electron chi connectivity index (χ1n) is 7.69. The average Bonchev–Trinajstić information content (AvgIpc) is 2.61. The molecule has 0 unspecified atom stereocenters. The molecule has 4 aromatic rings. The SMILES string of the molecule is O=S(=O)(Cc1cccc2ccccc12)c1ccc2ccccc2n1. The van der Waals surface area contributed by atoms with E-state index in [2.05, 4.69) is 4.98 Å². The largest absolute Gasteiger partial charge is 0.236 e. The van der Waals surface area contributed by atoms with Crippen molar-refractivity contribution < 1.29 is 8.42 Å². The van der Waals surface area contributed by atoms with Crippen molar-refractivity contribution in [2.75, 3.05) is 0 Å². The molecule has 3 nitrogen and oxygen atoms in total. The number of rotatable bonds is 3. The second kappa shape index (κ2) is 5.73. The van der Waals surface area contributed by atoms with E-state index in [1.807, 2.05) is 66.7 Å². The molecule has 0 spiro atoms. The van der Waals surface area contributed by atoms with Gasteiger partial charge < -0.3 is 0 Å². The van der Waals surface area contributed by atoms with Crippen molar-refractivity contribution in [1.82, 2.24) is 4.98 Å². The molecule has 0 amide bonds. The molecule has 1 heterocycles. The van der Waals surface area contributed by atoms with Crippen LogP contribution < -0.4 is 0 Å². The molecule has 1 aromatic heterocycles. The first-order valence-corrected chi connectivity index (χ1v) is 9.34. The van der Waals surface area contributed by atoms with Crippen molar-refractivity contribution >= 4 is 31.5 Å². The van der Waals surface area contributed by atoms with Crippen LogP contribution in [-0.2, 0) is 15.6 Å². The monoisotopic (exact) mass is 333 g/mol. The van der Waals surface area contributed by atoms with E-state index in [1.165, 1.54) is 0 Å². The molecular weight excluding hydrogens is 318 g/mol. The zero-order chi connectivity index (χ0) is 16.6. The summed E-state index contributed by atoms with van der Waals surface area (Å²) >= 11 is 0. The normalized spacial score (nSPS) is 11.8. The third kappa shape index (κ3) is 2.65. The number of benzene rings is 3. The van der Waals surface area contributed by atoms with Crippen LogP contribution >= 0.6 is 0 Å². The fraction of sp³-hybridized carbons (Fsp3) is 0.0500. The lowest BCUT2D eigenvalue weighted by Crippen LogP contribution is -2.07. The van der Waals surface area contributed by atoms with Crippen LogP contribution in [0.25, 0.3) is 21.7 Å². The summed E-state index contributed by atoms with van der Waals surface area (Å²) in [6, 6.07) is 24.5. The Bertz CT molecular complexity index is 1150. The van der Waals surface area contributed by atoms with Crippen LogP contribution in [0.1, 0.15) is 5.56 Å². The summed E-state index contributed by atoms with van der Waals surface area (Å²) in [5.74, 6) is -0.0559. The second-order valence-corrected chi connectivity index (χ2v) is 7.68. The van der Waals surface area contributed by atoms with Gasteiger partial charge in [-0.15, -0.1) is 0 Å². The number of aromatic nitrogens is 1. The van der Waals surface area contributed by atoms with Crippen LogP contribution in [0.5, 0.6) is 0 Å². The second-order valence-electron chi connectivity index (χ2n) is 5.74. The summed E-state index contributed by atoms with van der Waals surface area (Å²) in [5, 5.41) is 3.05. The highest BCUT2D eigenvalue weighted by Crippen LogP contribution is 2.24. The van der Waals surface area contributed by atoms with Crippen LogP contribution in [0.15, 0.2) is 83.9 Å². The van der Waals surface area contributed by atoms with Crippen LogP contribution in [0.4, 0.5) is 0 Å². The first-order chi connectivity index (χ1) is 11.6. The molecule has 0 bridgehead atoms. The topological polar surface area (TPSA) is 47.0 Å². The van der Waals surface area contributed by atoms with Gasteiger partial charge in [-0.05, 0) is 34.5 Å². The highest BCUT2D eigenvalue weighted by molar-refractivity contribution is 7.90. The third-order valence-electron chi connectivity index (χ3n) is 4.12. The van der Waals surface area contributed by atoms with Gasteiger partial charge in [-0.2, -0.15) is 0 Å². The lowest BCUT2D eigenvalue weighted by molar-refractivity contribution is 0.592. The fourth-order valence-electron chi connectivity index (χ4n) is 2.92. The molecule has 24 heavy (non-hydrogen) atoms. The predicted molar refractivity (Wildman–Crippen MR) is 96.6 cm³/mol. The van der Waals surface area contributed by atoms with Gasteiger partial charge in [-0.25, -0.2) is 13.4 Å². The molecule has 0 saturated carbocycles. The molecular formula is C20H15NO2S. The van der Waals surface area contributed by atoms with Crippen molar-refractivity contribution in [2.45, 2.75) is 10.8 Å². The molecule has 0 aliphatic rings. The molecule has 0 aliphatic heterocycles. The summed E-state index contributed by atoms with van der Waals surface area (Å²) in [6.45, 7) is 0. The Balaban J connectivity index is 1.79. The van der Waals surface area contributed by atoms with Crippen molar-refractivity contribution in [3.8, 4) is 0 Å². The number of para-hydroxylation sites is 1. The van der Waals surface area contributed by atoms with Crippen molar-refractivity contribution in [1.29, 1.82) is 0 Å². The van der Waals surface area contributed by atoms with Crippen molar-refractivity contribution in [2.24, 2.45) is 0 Å². The predicted octanol–water partition coefficient (Wildman–Crippen LogP) is 4.36. The molecule has 118 valence electrons. The van der Waals surface area contributed by atoms with E-state index in [0.29, 0.717) is 5.52 Å². The maximum atomic E-state index is 12.8. The Kier molecular flexibility index (Phi) is 3.54. The first kappa shape index (κ1) is 14.8. The van der Waals surface area contributed by atoms with E-state index in [4.69, 9.17) is 0 Å². The summed E-state index contributed by atoms with van der Waals surface area (Å²) in [4.78, 5) is 4.34. The highest BCUT2D eigenvalue weighted by atomic mass is 32.2. The maximum absolute atomic E-state index is 12.8. The van der Waals surface area contributed by atoms with Gasteiger partial charge in [0.25, 0.3) is 0 Å². The number of nitrogens with zero attached hydrogens (tertiary/aromatic N) is 1. The minimum absolute atomic E-state index is 0.0559. The number of hydrogen-bond donors (Lipinski definition) is 0. The summed E-state index contributed by atoms with van der Waals surface area (Å²) in [5.41, 5.74) is 1.49. The van der Waals surface area contributed by atoms with Crippen molar-refractivity contribution in [3.63, 3.8) is 0 Å². The van der Waals surface area contributed by atoms with Crippen LogP contribution in [0.2, 0.25) is 0 Å². The third-order valence-corrected chi connectivity index (χ3v) is 5.67. The number of sulfone groups is 1. The highest BCUT2D eigenvalue weighted by Gasteiger charge is 2.18. The molecule has 4 rings (SSSR count). The zero-order valence-electron chi connectivity index (χ0n) is 12.9. The van der Waals surface area contributed by atoms with E-state index in [9.17, 15) is 8.42 Å². The number of pyridine rings is 1. The maximum Gasteiger partial charge on any atom is 0.199 e. The number of hydrogen-bond acceptors (Lipinski definition) is 3. The minimum Gasteiger partial charge on any atom is -0.236 e. The van der Waals surface area contributed by atoms with Gasteiger partial charge >= 0.3 is 0 Å². The van der Waals surface area contributed by atoms with E-state index in [1.54, 1.807) is 12.1 Å². The van der Waals surface area contributed by atoms with E-state index < -0.39 is 9.84 Å². The van der Waals surface area contributed by atoms with E-state index in [-0.39, 0.29) is 10.8 Å². The Morgan fingerprint density at radius 1 is 0.708 bits per heavy atom. The summed E-state index contributed by atoms with van der Waals surface area (Å²) in [6.07, 6.45) is 0. The van der Waals surface area contributed by atoms with Crippen LogP contribution in [0, 0.1) is 0 Å². The zero-order valence-corrected chi connectivity index (χ0v) is 13.7. The summed E-state index contributed by atoms with van der Waals surface area (Å²) in [7, 11) is -3.51. The molecule has 0 N–H and O–H groups in total. The van der Waals surface area contributed by atoms with Gasteiger partial charge in [0.05, 0.1) is 11.3 Å². The Morgan fingerprint density at radius 2 is 1.42 bits per heavy atom. The lowest BCUT2D eigenvalue weighted by atomic mass is 10.1. The standard InChI is InChI=1S/C20H15NO2S/c22-24(23,20-13-12-16-7-2-4-11-19(16)21-20)14-17-9-5-8-15-6-1-3-10-18(15)17/h1-13H,14H2. The van der Waals surface area contributed by atoms with Crippen LogP contribution in [-0.4, -0.2) is 13.4 Å². The summed E-state index contributed by atoms with van der Waals surface area (Å²) < 4.78 is 25.7. The molecule has 3 aromatic carbocycles. The molecule has 0 radical (unpaired) electrons. The smallest absolute Gasteiger partial charge is 0.199 e. The molecule has 0 saturated heterocycles. The lowest BCUT2D eigenvalue weighted by Gasteiger charge is -2.08. The van der Waals surface area contributed by atoms with Gasteiger partial charge in [-0.1, -0.05) is 60.7 Å². The number of fused-ring (bicyclic) bond motifs is 2. The quantitative estimate of drug-likeness (QED) is 0.559. The Hall–Kier alpha value is -2.72. The molecule has 0 atom stereocenters. The van der Waals surface area contributed by atoms with E-state index >= 15 is 0 Å². The molecule has 4 heteroatoms. The van der Waals surface area contributed by atoms with Crippen LogP contribution in [0.3, 0.4) is 0 Å². The molecule has 0 fully saturated rings. The van der Waals surface area contributed by atoms with Gasteiger partial charge in [0.2, 0.25) is 0 Å². The van der Waals surface area contributed by atoms with Gasteiger partial charge in [0.15, 0.2) is 14.9 Å². The van der Waals surface area contributed by atoms with Gasteiger partial charge in [0.1, 0.15) is 0 Å².